The minimum Gasteiger partial charge on any atom is -0.309 e. The number of rotatable bonds is 6. The van der Waals surface area contributed by atoms with E-state index in [0.29, 0.717) is 23.7 Å². The van der Waals surface area contributed by atoms with Crippen LogP contribution in [0.2, 0.25) is 0 Å². The summed E-state index contributed by atoms with van der Waals surface area (Å²) in [7, 11) is 0. The van der Waals surface area contributed by atoms with Crippen LogP contribution in [0.25, 0.3) is 99.6 Å². The monoisotopic (exact) mass is 928 g/mol. The standard InChI is InChI=1S/C68H56N4/c1-41(2)45-21-28-58-59(35-45)68(43(4)32-44-30-42(3)31-51(68)33-44)60-36-49(34-50(40-69)67(58)60)53-16-8-10-19-62(53)72-65-38-47(23-26-56(65)57-27-24-48(39-66(57)72)61-18-12-13-29-70-61)46-22-25-55-54-17-9-11-20-63(54)71(64(55)37-46)52-14-6-5-7-15-52/h5-29,34-39,41-44,51H,30-33H2,1-4H3. The van der Waals surface area contributed by atoms with Crippen molar-refractivity contribution in [1.29, 1.82) is 5.26 Å². The van der Waals surface area contributed by atoms with E-state index in [-0.39, 0.29) is 5.41 Å². The maximum atomic E-state index is 11.4. The van der Waals surface area contributed by atoms with Crippen LogP contribution < -0.4 is 0 Å². The van der Waals surface area contributed by atoms with E-state index in [1.165, 1.54) is 80.5 Å². The van der Waals surface area contributed by atoms with Crippen molar-refractivity contribution in [2.75, 3.05) is 0 Å². The second kappa shape index (κ2) is 16.3. The minimum absolute atomic E-state index is 0.163. The maximum absolute atomic E-state index is 11.4. The molecule has 5 atom stereocenters. The SMILES string of the molecule is CC1CC2CC(C)C3(c4cc(C(C)C)ccc4-c4c(C#N)cc(-c5ccccc5-n5c6cc(-c7ccc8c9ccccc9n(-c9ccccc9)c8c7)ccc6c6ccc(-c7ccccn7)cc65)cc43)C(C1)C2. The van der Waals surface area contributed by atoms with Gasteiger partial charge in [-0.05, 0) is 161 Å². The Kier molecular flexibility index (Phi) is 9.68. The van der Waals surface area contributed by atoms with Gasteiger partial charge in [-0.2, -0.15) is 5.26 Å². The van der Waals surface area contributed by atoms with Crippen LogP contribution in [0.15, 0.2) is 188 Å². The fraction of sp³-hybridized carbons (Fsp3) is 0.206. The predicted molar refractivity (Wildman–Crippen MR) is 298 cm³/mol. The number of fused-ring (bicyclic) bond motifs is 14. The van der Waals surface area contributed by atoms with Crippen LogP contribution in [0.5, 0.6) is 0 Å². The lowest BCUT2D eigenvalue weighted by Crippen LogP contribution is -2.49. The van der Waals surface area contributed by atoms with Crippen LogP contribution >= 0.6 is 0 Å². The Morgan fingerprint density at radius 1 is 0.542 bits per heavy atom. The molecule has 0 N–H and O–H groups in total. The average Bonchev–Trinajstić information content (AvgIpc) is 4.03. The Hall–Kier alpha value is -8.00. The van der Waals surface area contributed by atoms with Crippen LogP contribution in [-0.4, -0.2) is 14.1 Å². The molecule has 72 heavy (non-hydrogen) atoms. The van der Waals surface area contributed by atoms with Gasteiger partial charge < -0.3 is 9.13 Å². The van der Waals surface area contributed by atoms with Gasteiger partial charge in [0, 0.05) is 55.5 Å². The van der Waals surface area contributed by atoms with E-state index < -0.39 is 0 Å². The van der Waals surface area contributed by atoms with Crippen LogP contribution in [0.1, 0.15) is 81.5 Å². The Morgan fingerprint density at radius 2 is 1.21 bits per heavy atom. The Bertz CT molecular complexity index is 4030. The molecule has 3 aliphatic rings. The van der Waals surface area contributed by atoms with Gasteiger partial charge in [-0.3, -0.25) is 4.98 Å². The highest BCUT2D eigenvalue weighted by Crippen LogP contribution is 2.65. The summed E-state index contributed by atoms with van der Waals surface area (Å²) < 4.78 is 4.89. The summed E-state index contributed by atoms with van der Waals surface area (Å²) in [5.41, 5.74) is 20.7. The van der Waals surface area contributed by atoms with E-state index in [0.717, 1.165) is 73.0 Å². The summed E-state index contributed by atoms with van der Waals surface area (Å²) >= 11 is 0. The van der Waals surface area contributed by atoms with Crippen molar-refractivity contribution in [2.45, 2.75) is 64.7 Å². The largest absolute Gasteiger partial charge is 0.309 e. The third-order valence-corrected chi connectivity index (χ3v) is 17.5. The lowest BCUT2D eigenvalue weighted by molar-refractivity contribution is 0.0426. The van der Waals surface area contributed by atoms with E-state index in [1.54, 1.807) is 0 Å². The summed E-state index contributed by atoms with van der Waals surface area (Å²) in [5.74, 6) is 2.82. The molecule has 5 unspecified atom stereocenters. The van der Waals surface area contributed by atoms with Gasteiger partial charge in [-0.1, -0.05) is 143 Å². The molecule has 11 aromatic rings. The molecule has 4 heteroatoms. The molecule has 2 saturated carbocycles. The second-order valence-electron chi connectivity index (χ2n) is 21.9. The van der Waals surface area contributed by atoms with Gasteiger partial charge in [-0.15, -0.1) is 0 Å². The normalized spacial score (nSPS) is 20.2. The zero-order valence-corrected chi connectivity index (χ0v) is 41.4. The molecule has 4 nitrogen and oxygen atoms in total. The quantitative estimate of drug-likeness (QED) is 0.167. The molecular formula is C68H56N4. The molecule has 14 rings (SSSR count). The zero-order valence-electron chi connectivity index (χ0n) is 41.4. The van der Waals surface area contributed by atoms with E-state index in [2.05, 4.69) is 219 Å². The number of para-hydroxylation sites is 3. The highest BCUT2D eigenvalue weighted by molar-refractivity contribution is 6.13. The summed E-state index contributed by atoms with van der Waals surface area (Å²) in [6.45, 7) is 9.65. The lowest BCUT2D eigenvalue weighted by Gasteiger charge is -2.54. The minimum atomic E-state index is -0.163. The summed E-state index contributed by atoms with van der Waals surface area (Å²) in [6.07, 6.45) is 6.90. The van der Waals surface area contributed by atoms with Gasteiger partial charge in [0.2, 0.25) is 0 Å². The topological polar surface area (TPSA) is 46.5 Å². The van der Waals surface area contributed by atoms with Crippen molar-refractivity contribution in [2.24, 2.45) is 23.7 Å². The van der Waals surface area contributed by atoms with Gasteiger partial charge in [-0.25, -0.2) is 0 Å². The highest BCUT2D eigenvalue weighted by Gasteiger charge is 2.57. The summed E-state index contributed by atoms with van der Waals surface area (Å²) in [6, 6.07) is 70.1. The number of hydrogen-bond donors (Lipinski definition) is 0. The molecule has 348 valence electrons. The van der Waals surface area contributed by atoms with Crippen LogP contribution in [0.4, 0.5) is 0 Å². The smallest absolute Gasteiger partial charge is 0.0998 e. The number of hydrogen-bond acceptors (Lipinski definition) is 2. The van der Waals surface area contributed by atoms with E-state index in [1.807, 2.05) is 12.3 Å². The van der Waals surface area contributed by atoms with Crippen molar-refractivity contribution < 1.29 is 0 Å². The van der Waals surface area contributed by atoms with E-state index in [4.69, 9.17) is 4.98 Å². The van der Waals surface area contributed by atoms with E-state index in [9.17, 15) is 5.26 Å². The number of pyridine rings is 1. The Balaban J connectivity index is 1.01. The molecule has 0 radical (unpaired) electrons. The average molecular weight is 929 g/mol. The second-order valence-corrected chi connectivity index (χ2v) is 21.9. The molecular weight excluding hydrogens is 873 g/mol. The Labute approximate surface area is 421 Å². The van der Waals surface area contributed by atoms with E-state index >= 15 is 0 Å². The van der Waals surface area contributed by atoms with Gasteiger partial charge in [0.1, 0.15) is 0 Å². The van der Waals surface area contributed by atoms with Crippen LogP contribution in [-0.2, 0) is 5.41 Å². The molecule has 3 aromatic heterocycles. The highest BCUT2D eigenvalue weighted by atomic mass is 15.0. The molecule has 8 aromatic carbocycles. The van der Waals surface area contributed by atoms with Crippen molar-refractivity contribution in [3.63, 3.8) is 0 Å². The molecule has 3 aliphatic carbocycles. The molecule has 3 heterocycles. The molecule has 1 spiro atoms. The van der Waals surface area contributed by atoms with Gasteiger partial charge in [0.15, 0.2) is 0 Å². The molecule has 0 aliphatic heterocycles. The summed E-state index contributed by atoms with van der Waals surface area (Å²) in [5, 5.41) is 16.2. The first-order valence-corrected chi connectivity index (χ1v) is 26.2. The van der Waals surface area contributed by atoms with Crippen molar-refractivity contribution >= 4 is 43.6 Å². The molecule has 2 fully saturated rings. The molecule has 2 bridgehead atoms. The zero-order chi connectivity index (χ0) is 48.4. The first kappa shape index (κ1) is 42.8. The fourth-order valence-electron chi connectivity index (χ4n) is 14.6. The number of benzene rings is 8. The summed E-state index contributed by atoms with van der Waals surface area (Å²) in [4.78, 5) is 4.82. The van der Waals surface area contributed by atoms with Crippen molar-refractivity contribution in [3.8, 4) is 62.1 Å². The Morgan fingerprint density at radius 3 is 1.94 bits per heavy atom. The maximum Gasteiger partial charge on any atom is 0.0998 e. The van der Waals surface area contributed by atoms with Crippen molar-refractivity contribution in [1.82, 2.24) is 14.1 Å². The number of nitrogens with zero attached hydrogens (tertiary/aromatic N) is 4. The van der Waals surface area contributed by atoms with Crippen LogP contribution in [0, 0.1) is 35.0 Å². The predicted octanol–water partition coefficient (Wildman–Crippen LogP) is 17.6. The third-order valence-electron chi connectivity index (χ3n) is 17.5. The van der Waals surface area contributed by atoms with Crippen molar-refractivity contribution in [3.05, 3.63) is 210 Å². The lowest BCUT2D eigenvalue weighted by atomic mass is 9.49. The molecule has 0 saturated heterocycles. The molecule has 0 amide bonds. The van der Waals surface area contributed by atoms with Gasteiger partial charge in [0.05, 0.1) is 45.1 Å². The first-order valence-electron chi connectivity index (χ1n) is 26.2. The first-order chi connectivity index (χ1) is 35.3. The third kappa shape index (κ3) is 6.26. The number of aromatic nitrogens is 3. The number of nitriles is 1. The fourth-order valence-corrected chi connectivity index (χ4v) is 14.6. The van der Waals surface area contributed by atoms with Crippen LogP contribution in [0.3, 0.4) is 0 Å². The van der Waals surface area contributed by atoms with Gasteiger partial charge >= 0.3 is 0 Å². The van der Waals surface area contributed by atoms with Gasteiger partial charge in [0.25, 0.3) is 0 Å².